The quantitative estimate of drug-likeness (QED) is 0.866. The maximum Gasteiger partial charge on any atom is 0.265 e. The van der Waals surface area contributed by atoms with Gasteiger partial charge in [0.25, 0.3) is 10.0 Å². The minimum atomic E-state index is -3.79. The van der Waals surface area contributed by atoms with Gasteiger partial charge in [0.15, 0.2) is 0 Å². The summed E-state index contributed by atoms with van der Waals surface area (Å²) in [4.78, 5) is 4.04. The van der Waals surface area contributed by atoms with Crippen LogP contribution in [0.25, 0.3) is 0 Å². The van der Waals surface area contributed by atoms with Gasteiger partial charge in [-0.2, -0.15) is 5.26 Å². The lowest BCUT2D eigenvalue weighted by atomic mass is 10.2. The number of aromatic nitrogens is 1. The van der Waals surface area contributed by atoms with Crippen molar-refractivity contribution in [1.29, 1.82) is 5.26 Å². The number of hydrogen-bond acceptors (Lipinski definition) is 5. The first kappa shape index (κ1) is 15.3. The second-order valence-electron chi connectivity index (χ2n) is 4.04. The van der Waals surface area contributed by atoms with Crippen LogP contribution in [0.2, 0.25) is 0 Å². The zero-order valence-electron chi connectivity index (χ0n) is 11.0. The highest BCUT2D eigenvalue weighted by atomic mass is 79.9. The van der Waals surface area contributed by atoms with Gasteiger partial charge in [-0.15, -0.1) is 0 Å². The van der Waals surface area contributed by atoms with Crippen molar-refractivity contribution in [3.05, 3.63) is 46.6 Å². The van der Waals surface area contributed by atoms with Gasteiger partial charge in [0.05, 0.1) is 11.6 Å². The lowest BCUT2D eigenvalue weighted by Crippen LogP contribution is -2.15. The zero-order valence-corrected chi connectivity index (χ0v) is 13.4. The molecule has 0 aliphatic rings. The van der Waals surface area contributed by atoms with E-state index in [4.69, 9.17) is 5.26 Å². The molecule has 2 N–H and O–H groups in total. The van der Waals surface area contributed by atoms with Gasteiger partial charge in [-0.25, -0.2) is 13.4 Å². The predicted molar refractivity (Wildman–Crippen MR) is 83.4 cm³/mol. The topological polar surface area (TPSA) is 94.9 Å². The molecular formula is C13H11BrN4O2S. The Hall–Kier alpha value is -2.11. The van der Waals surface area contributed by atoms with E-state index >= 15 is 0 Å². The van der Waals surface area contributed by atoms with Crippen molar-refractivity contribution in [2.24, 2.45) is 0 Å². The number of pyridine rings is 1. The molecule has 0 atom stereocenters. The monoisotopic (exact) mass is 366 g/mol. The Bertz CT molecular complexity index is 798. The fourth-order valence-corrected chi connectivity index (χ4v) is 3.37. The number of hydrogen-bond donors (Lipinski definition) is 2. The van der Waals surface area contributed by atoms with Gasteiger partial charge in [0.1, 0.15) is 10.7 Å². The van der Waals surface area contributed by atoms with Gasteiger partial charge in [-0.05, 0) is 46.3 Å². The Morgan fingerprint density at radius 3 is 2.52 bits per heavy atom. The fraction of sp³-hybridized carbons (Fsp3) is 0.0769. The number of nitrogens with zero attached hydrogens (tertiary/aromatic N) is 2. The van der Waals surface area contributed by atoms with Crippen LogP contribution < -0.4 is 10.0 Å². The molecule has 2 aromatic rings. The Morgan fingerprint density at radius 2 is 1.95 bits per heavy atom. The Labute approximate surface area is 131 Å². The fourth-order valence-electron chi connectivity index (χ4n) is 1.64. The standard InChI is InChI=1S/C13H11BrN4O2S/c1-16-13-12(6-10(14)8-17-13)21(19,20)18-11-4-2-9(7-15)3-5-11/h2-6,8,18H,1H3,(H,16,17). The molecule has 1 aromatic carbocycles. The van der Waals surface area contributed by atoms with E-state index in [1.165, 1.54) is 36.5 Å². The number of halogens is 1. The normalized spacial score (nSPS) is 10.7. The lowest BCUT2D eigenvalue weighted by Gasteiger charge is -2.11. The molecule has 0 saturated carbocycles. The van der Waals surface area contributed by atoms with Gasteiger partial charge in [0, 0.05) is 23.4 Å². The van der Waals surface area contributed by atoms with E-state index < -0.39 is 10.0 Å². The summed E-state index contributed by atoms with van der Waals surface area (Å²) >= 11 is 3.20. The van der Waals surface area contributed by atoms with E-state index in [1.807, 2.05) is 6.07 Å². The van der Waals surface area contributed by atoms with Gasteiger partial charge < -0.3 is 5.32 Å². The number of benzene rings is 1. The maximum absolute atomic E-state index is 12.4. The molecule has 6 nitrogen and oxygen atoms in total. The van der Waals surface area contributed by atoms with Gasteiger partial charge >= 0.3 is 0 Å². The van der Waals surface area contributed by atoms with Gasteiger partial charge in [-0.3, -0.25) is 4.72 Å². The minimum Gasteiger partial charge on any atom is -0.372 e. The molecule has 0 unspecified atom stereocenters. The third-order valence-corrected chi connectivity index (χ3v) is 4.44. The molecule has 2 rings (SSSR count). The molecule has 0 aliphatic heterocycles. The zero-order chi connectivity index (χ0) is 15.5. The van der Waals surface area contributed by atoms with Crippen LogP contribution in [0.15, 0.2) is 45.9 Å². The van der Waals surface area contributed by atoms with E-state index in [0.29, 0.717) is 15.7 Å². The third-order valence-electron chi connectivity index (χ3n) is 2.61. The van der Waals surface area contributed by atoms with Crippen molar-refractivity contribution in [3.8, 4) is 6.07 Å². The van der Waals surface area contributed by atoms with Gasteiger partial charge in [-0.1, -0.05) is 0 Å². The second kappa shape index (κ2) is 6.11. The van der Waals surface area contributed by atoms with E-state index in [9.17, 15) is 8.42 Å². The summed E-state index contributed by atoms with van der Waals surface area (Å²) in [5.41, 5.74) is 0.828. The van der Waals surface area contributed by atoms with Crippen molar-refractivity contribution >= 4 is 37.5 Å². The van der Waals surface area contributed by atoms with Crippen molar-refractivity contribution < 1.29 is 8.42 Å². The first-order valence-electron chi connectivity index (χ1n) is 5.82. The molecular weight excluding hydrogens is 356 g/mol. The molecule has 0 amide bonds. The van der Waals surface area contributed by atoms with Crippen LogP contribution in [0.4, 0.5) is 11.5 Å². The van der Waals surface area contributed by atoms with E-state index in [-0.39, 0.29) is 10.7 Å². The predicted octanol–water partition coefficient (Wildman–Crippen LogP) is 2.56. The third kappa shape index (κ3) is 3.51. The highest BCUT2D eigenvalue weighted by Crippen LogP contribution is 2.24. The average molecular weight is 367 g/mol. The maximum atomic E-state index is 12.4. The number of rotatable bonds is 4. The van der Waals surface area contributed by atoms with Crippen molar-refractivity contribution in [2.75, 3.05) is 17.1 Å². The van der Waals surface area contributed by atoms with Crippen LogP contribution in [0.1, 0.15) is 5.56 Å². The van der Waals surface area contributed by atoms with Crippen LogP contribution in [-0.2, 0) is 10.0 Å². The van der Waals surface area contributed by atoms with Crippen LogP contribution in [0.5, 0.6) is 0 Å². The Kier molecular flexibility index (Phi) is 4.45. The first-order chi connectivity index (χ1) is 9.96. The molecule has 0 bridgehead atoms. The summed E-state index contributed by atoms with van der Waals surface area (Å²) in [6.07, 6.45) is 1.51. The van der Waals surface area contributed by atoms with E-state index in [0.717, 1.165) is 0 Å². The summed E-state index contributed by atoms with van der Waals surface area (Å²) in [6, 6.07) is 9.57. The number of nitrogens with one attached hydrogen (secondary N) is 2. The average Bonchev–Trinajstić information content (AvgIpc) is 2.47. The number of sulfonamides is 1. The second-order valence-corrected chi connectivity index (χ2v) is 6.61. The first-order valence-corrected chi connectivity index (χ1v) is 8.10. The van der Waals surface area contributed by atoms with Crippen LogP contribution in [-0.4, -0.2) is 20.4 Å². The molecule has 0 saturated heterocycles. The molecule has 108 valence electrons. The molecule has 8 heteroatoms. The highest BCUT2D eigenvalue weighted by Gasteiger charge is 2.20. The molecule has 0 radical (unpaired) electrons. The SMILES string of the molecule is CNc1ncc(Br)cc1S(=O)(=O)Nc1ccc(C#N)cc1. The Morgan fingerprint density at radius 1 is 1.29 bits per heavy atom. The summed E-state index contributed by atoms with van der Waals surface area (Å²) in [5.74, 6) is 0.249. The molecule has 21 heavy (non-hydrogen) atoms. The number of nitriles is 1. The van der Waals surface area contributed by atoms with Crippen molar-refractivity contribution in [1.82, 2.24) is 4.98 Å². The molecule has 0 aliphatic carbocycles. The summed E-state index contributed by atoms with van der Waals surface area (Å²) < 4.78 is 27.8. The smallest absolute Gasteiger partial charge is 0.265 e. The summed E-state index contributed by atoms with van der Waals surface area (Å²) in [5, 5.41) is 11.5. The van der Waals surface area contributed by atoms with Crippen molar-refractivity contribution in [2.45, 2.75) is 4.90 Å². The summed E-state index contributed by atoms with van der Waals surface area (Å²) in [6.45, 7) is 0. The highest BCUT2D eigenvalue weighted by molar-refractivity contribution is 9.10. The summed E-state index contributed by atoms with van der Waals surface area (Å²) in [7, 11) is -2.19. The molecule has 1 heterocycles. The van der Waals surface area contributed by atoms with Gasteiger partial charge in [0.2, 0.25) is 0 Å². The number of anilines is 2. The molecule has 0 spiro atoms. The lowest BCUT2D eigenvalue weighted by molar-refractivity contribution is 0.601. The van der Waals surface area contributed by atoms with Crippen LogP contribution >= 0.6 is 15.9 Å². The van der Waals surface area contributed by atoms with Crippen molar-refractivity contribution in [3.63, 3.8) is 0 Å². The molecule has 0 fully saturated rings. The van der Waals surface area contributed by atoms with E-state index in [1.54, 1.807) is 7.05 Å². The minimum absolute atomic E-state index is 0.0312. The van der Waals surface area contributed by atoms with Crippen LogP contribution in [0, 0.1) is 11.3 Å². The molecule has 1 aromatic heterocycles. The largest absolute Gasteiger partial charge is 0.372 e. The van der Waals surface area contributed by atoms with Crippen LogP contribution in [0.3, 0.4) is 0 Å². The Balaban J connectivity index is 2.38. The van der Waals surface area contributed by atoms with E-state index in [2.05, 4.69) is 31.0 Å².